The van der Waals surface area contributed by atoms with Crippen molar-refractivity contribution in [3.05, 3.63) is 77.6 Å². The van der Waals surface area contributed by atoms with Crippen molar-refractivity contribution in [3.8, 4) is 11.8 Å². The zero-order chi connectivity index (χ0) is 50.0. The number of hydrogen-bond donors (Lipinski definition) is 3. The Morgan fingerprint density at radius 2 is 1.63 bits per heavy atom. The maximum absolute atomic E-state index is 13.9. The highest BCUT2D eigenvalue weighted by atomic mass is 32.1. The van der Waals surface area contributed by atoms with Gasteiger partial charge in [-0.05, 0) is 112 Å². The summed E-state index contributed by atoms with van der Waals surface area (Å²) >= 11 is 5.62. The number of aromatic nitrogens is 1. The standard InChI is InChI=1S/C48H61F3N8O8S/c1-46(2,3)41(43(63)57-29-36(60)25-39(57)42(62)54-27-32-13-15-35(28-53-32)56(6)7)55-40(61)30-66-22-11-21-65-20-9-8-10-23-67-37-18-16-33(17-19-37)59-45(68)58(44(64)47(59,4)5)34-14-12-31(26-52)38(24-34)48(49,50)51/h12-19,24,28,36,39,41,60H,8-11,20-23,25,27,29-30H2,1-7H3,(H,54,62)(H,55,61)/t36-,39+,41-/m1/s1. The van der Waals surface area contributed by atoms with E-state index in [1.54, 1.807) is 61.3 Å². The lowest BCUT2D eigenvalue weighted by Gasteiger charge is -2.35. The molecule has 0 spiro atoms. The van der Waals surface area contributed by atoms with Crippen molar-refractivity contribution in [2.24, 2.45) is 5.41 Å². The van der Waals surface area contributed by atoms with E-state index < -0.39 is 70.1 Å². The van der Waals surface area contributed by atoms with Gasteiger partial charge in [-0.15, -0.1) is 0 Å². The molecule has 2 aromatic carbocycles. The van der Waals surface area contributed by atoms with E-state index in [0.29, 0.717) is 43.4 Å². The topological polar surface area (TPSA) is 190 Å². The van der Waals surface area contributed by atoms with Gasteiger partial charge in [-0.2, -0.15) is 18.4 Å². The predicted octanol–water partition coefficient (Wildman–Crippen LogP) is 5.74. The minimum Gasteiger partial charge on any atom is -0.494 e. The maximum Gasteiger partial charge on any atom is 0.417 e. The summed E-state index contributed by atoms with van der Waals surface area (Å²) in [5.74, 6) is -1.30. The largest absolute Gasteiger partial charge is 0.494 e. The molecule has 0 unspecified atom stereocenters. The smallest absolute Gasteiger partial charge is 0.417 e. The highest BCUT2D eigenvalue weighted by Crippen LogP contribution is 2.40. The summed E-state index contributed by atoms with van der Waals surface area (Å²) < 4.78 is 58.3. The van der Waals surface area contributed by atoms with Crippen LogP contribution in [-0.2, 0) is 41.4 Å². The summed E-state index contributed by atoms with van der Waals surface area (Å²) in [7, 11) is 3.80. The van der Waals surface area contributed by atoms with Crippen LogP contribution in [-0.4, -0.2) is 121 Å². The summed E-state index contributed by atoms with van der Waals surface area (Å²) in [5.41, 5.74) is -1.61. The molecule has 2 fully saturated rings. The third-order valence-corrected chi connectivity index (χ3v) is 11.9. The van der Waals surface area contributed by atoms with Gasteiger partial charge in [-0.1, -0.05) is 20.8 Å². The number of alkyl halides is 3. The van der Waals surface area contributed by atoms with E-state index in [2.05, 4.69) is 15.6 Å². The number of unbranched alkanes of at least 4 members (excludes halogenated alkanes) is 2. The first-order valence-corrected chi connectivity index (χ1v) is 22.8. The van der Waals surface area contributed by atoms with Crippen LogP contribution in [0.25, 0.3) is 0 Å². The van der Waals surface area contributed by atoms with Crippen LogP contribution < -0.4 is 30.1 Å². The zero-order valence-electron chi connectivity index (χ0n) is 39.5. The molecule has 2 saturated heterocycles. The minimum absolute atomic E-state index is 0.000381. The molecule has 3 atom stereocenters. The predicted molar refractivity (Wildman–Crippen MR) is 253 cm³/mol. The Bertz CT molecular complexity index is 2300. The highest BCUT2D eigenvalue weighted by molar-refractivity contribution is 7.81. The van der Waals surface area contributed by atoms with Crippen molar-refractivity contribution in [1.82, 2.24) is 20.5 Å². The van der Waals surface area contributed by atoms with Gasteiger partial charge < -0.3 is 44.7 Å². The SMILES string of the molecule is CN(C)c1ccc(CNC(=O)[C@@H]2C[C@@H](O)CN2C(=O)[C@@H](NC(=O)COCCCOCCCCCOc2ccc(N3C(=S)N(c4ccc(C#N)c(C(F)(F)F)c4)C(=O)C3(C)C)cc2)C(C)(C)C)nc1. The summed E-state index contributed by atoms with van der Waals surface area (Å²) in [4.78, 5) is 63.8. The zero-order valence-corrected chi connectivity index (χ0v) is 40.3. The van der Waals surface area contributed by atoms with E-state index in [1.807, 2.05) is 45.8 Å². The fraction of sp³-hybridized carbons (Fsp3) is 0.521. The van der Waals surface area contributed by atoms with Crippen LogP contribution >= 0.6 is 12.2 Å². The molecule has 368 valence electrons. The molecule has 1 aromatic heterocycles. The number of aliphatic hydroxyl groups excluding tert-OH is 1. The average molecular weight is 967 g/mol. The number of anilines is 3. The van der Waals surface area contributed by atoms with Gasteiger partial charge in [0, 0.05) is 52.6 Å². The molecule has 68 heavy (non-hydrogen) atoms. The van der Waals surface area contributed by atoms with Crippen molar-refractivity contribution >= 4 is 58.0 Å². The molecule has 2 aliphatic rings. The molecular formula is C48H61F3N8O8S. The molecule has 5 rings (SSSR count). The Hall–Kier alpha value is -5.88. The van der Waals surface area contributed by atoms with Gasteiger partial charge in [0.05, 0.1) is 59.7 Å². The number of rotatable bonds is 21. The molecule has 0 saturated carbocycles. The van der Waals surface area contributed by atoms with Gasteiger partial charge in [-0.25, -0.2) is 0 Å². The average Bonchev–Trinajstić information content (AvgIpc) is 3.76. The van der Waals surface area contributed by atoms with E-state index >= 15 is 0 Å². The fourth-order valence-corrected chi connectivity index (χ4v) is 8.28. The van der Waals surface area contributed by atoms with Crippen molar-refractivity contribution in [1.29, 1.82) is 5.26 Å². The van der Waals surface area contributed by atoms with Gasteiger partial charge in [0.2, 0.25) is 17.7 Å². The first-order valence-electron chi connectivity index (χ1n) is 22.4. The number of thiocarbonyl (C=S) groups is 1. The van der Waals surface area contributed by atoms with Gasteiger partial charge in [-0.3, -0.25) is 29.1 Å². The van der Waals surface area contributed by atoms with Crippen molar-refractivity contribution in [3.63, 3.8) is 0 Å². The van der Waals surface area contributed by atoms with Crippen LogP contribution in [0.2, 0.25) is 0 Å². The normalized spacial score (nSPS) is 17.5. The molecular weight excluding hydrogens is 906 g/mol. The number of carbonyl (C=O) groups is 4. The van der Waals surface area contributed by atoms with E-state index in [1.165, 1.54) is 11.0 Å². The Labute approximate surface area is 400 Å². The van der Waals surface area contributed by atoms with Gasteiger partial charge >= 0.3 is 6.18 Å². The first-order chi connectivity index (χ1) is 32.0. The monoisotopic (exact) mass is 966 g/mol. The van der Waals surface area contributed by atoms with Gasteiger partial charge in [0.15, 0.2) is 5.11 Å². The Morgan fingerprint density at radius 1 is 0.971 bits per heavy atom. The molecule has 16 nitrogen and oxygen atoms in total. The van der Waals surface area contributed by atoms with Crippen LogP contribution in [0, 0.1) is 16.7 Å². The first kappa shape index (κ1) is 53.1. The Kier molecular flexibility index (Phi) is 17.9. The van der Waals surface area contributed by atoms with Crippen LogP contribution in [0.5, 0.6) is 5.75 Å². The molecule has 2 aliphatic heterocycles. The second-order valence-electron chi connectivity index (χ2n) is 18.5. The number of amides is 4. The molecule has 4 amide bonds. The second-order valence-corrected chi connectivity index (χ2v) is 18.8. The molecule has 3 aromatic rings. The van der Waals surface area contributed by atoms with E-state index in [9.17, 15) is 42.7 Å². The highest BCUT2D eigenvalue weighted by Gasteiger charge is 2.51. The van der Waals surface area contributed by atoms with Crippen LogP contribution in [0.4, 0.5) is 30.2 Å². The lowest BCUT2D eigenvalue weighted by atomic mass is 9.85. The molecule has 0 aliphatic carbocycles. The summed E-state index contributed by atoms with van der Waals surface area (Å²) in [5, 5.41) is 25.3. The minimum atomic E-state index is -4.80. The summed E-state index contributed by atoms with van der Waals surface area (Å²) in [6.45, 7) is 10.2. The maximum atomic E-state index is 13.9. The second kappa shape index (κ2) is 22.9. The van der Waals surface area contributed by atoms with Gasteiger partial charge in [0.25, 0.3) is 5.91 Å². The van der Waals surface area contributed by atoms with E-state index in [0.717, 1.165) is 42.0 Å². The number of ether oxygens (including phenoxy) is 3. The van der Waals surface area contributed by atoms with E-state index in [-0.39, 0.29) is 43.5 Å². The summed E-state index contributed by atoms with van der Waals surface area (Å²) in [6, 6.07) is 13.3. The number of nitrogens with zero attached hydrogens (tertiary/aromatic N) is 6. The molecule has 0 radical (unpaired) electrons. The third kappa shape index (κ3) is 13.4. The third-order valence-electron chi connectivity index (χ3n) is 11.5. The number of hydrogen-bond acceptors (Lipinski definition) is 12. The number of aliphatic hydroxyl groups is 1. The number of nitriles is 1. The number of pyridine rings is 1. The number of nitrogens with one attached hydrogen (secondary N) is 2. The van der Waals surface area contributed by atoms with Crippen LogP contribution in [0.3, 0.4) is 0 Å². The molecule has 3 N–H and O–H groups in total. The number of halogens is 3. The molecule has 20 heteroatoms. The number of β-amino-alcohol motifs (C(OH)–C–C–N with tert-alkyl or cyclic N) is 1. The number of benzene rings is 2. The molecule has 3 heterocycles. The Balaban J connectivity index is 0.963. The quantitative estimate of drug-likeness (QED) is 0.0868. The van der Waals surface area contributed by atoms with Crippen molar-refractivity contribution in [2.45, 2.75) is 103 Å². The number of carbonyl (C=O) groups excluding carboxylic acids is 4. The molecule has 0 bridgehead atoms. The van der Waals surface area contributed by atoms with E-state index in [4.69, 9.17) is 26.4 Å². The van der Waals surface area contributed by atoms with Crippen LogP contribution in [0.1, 0.15) is 83.5 Å². The lowest BCUT2D eigenvalue weighted by Crippen LogP contribution is -2.58. The van der Waals surface area contributed by atoms with Crippen LogP contribution in [0.15, 0.2) is 60.8 Å². The van der Waals surface area contributed by atoms with Crippen molar-refractivity contribution in [2.75, 3.05) is 68.4 Å². The van der Waals surface area contributed by atoms with Gasteiger partial charge in [0.1, 0.15) is 30.0 Å². The fourth-order valence-electron chi connectivity index (χ4n) is 7.76. The lowest BCUT2D eigenvalue weighted by molar-refractivity contribution is -0.144. The summed E-state index contributed by atoms with van der Waals surface area (Å²) in [6.07, 6.45) is -0.975. The van der Waals surface area contributed by atoms with Crippen molar-refractivity contribution < 1.29 is 51.7 Å². The Morgan fingerprint density at radius 3 is 2.26 bits per heavy atom. The number of likely N-dealkylation sites (tertiary alicyclic amines) is 1.